The van der Waals surface area contributed by atoms with E-state index in [0.717, 1.165) is 28.1 Å². The largest absolute Gasteiger partial charge is 0.478 e. The molecule has 4 N–H and O–H groups in total. The van der Waals surface area contributed by atoms with Gasteiger partial charge >= 0.3 is 5.97 Å². The minimum Gasteiger partial charge on any atom is -0.478 e. The van der Waals surface area contributed by atoms with Crippen LogP contribution in [0.15, 0.2) is 30.3 Å². The summed E-state index contributed by atoms with van der Waals surface area (Å²) in [6, 6.07) is 9.51. The van der Waals surface area contributed by atoms with Crippen molar-refractivity contribution >= 4 is 23.0 Å². The van der Waals surface area contributed by atoms with Gasteiger partial charge < -0.3 is 16.2 Å². The van der Waals surface area contributed by atoms with Crippen LogP contribution >= 0.6 is 0 Å². The first kappa shape index (κ1) is 13.9. The van der Waals surface area contributed by atoms with Crippen molar-refractivity contribution in [2.24, 2.45) is 0 Å². The zero-order valence-electron chi connectivity index (χ0n) is 11.8. The third-order valence-corrected chi connectivity index (χ3v) is 3.29. The maximum absolute atomic E-state index is 11.2. The fourth-order valence-corrected chi connectivity index (χ4v) is 2.07. The number of aromatic carboxylic acids is 1. The summed E-state index contributed by atoms with van der Waals surface area (Å²) in [4.78, 5) is 11.2. The number of nitrogens with one attached hydrogen (secondary N) is 1. The normalized spacial score (nSPS) is 10.3. The highest BCUT2D eigenvalue weighted by molar-refractivity contribution is 5.96. The number of benzene rings is 2. The summed E-state index contributed by atoms with van der Waals surface area (Å²) in [5, 5.41) is 12.4. The number of hydrogen-bond acceptors (Lipinski definition) is 3. The Kier molecular flexibility index (Phi) is 3.66. The molecule has 20 heavy (non-hydrogen) atoms. The van der Waals surface area contributed by atoms with Crippen LogP contribution in [0, 0.1) is 20.8 Å². The Bertz CT molecular complexity index is 678. The van der Waals surface area contributed by atoms with Gasteiger partial charge in [-0.05, 0) is 55.7 Å². The third kappa shape index (κ3) is 2.74. The van der Waals surface area contributed by atoms with E-state index in [1.54, 1.807) is 13.0 Å². The topological polar surface area (TPSA) is 75.3 Å². The lowest BCUT2D eigenvalue weighted by molar-refractivity contribution is 0.0698. The molecule has 4 heteroatoms. The molecule has 0 radical (unpaired) electrons. The van der Waals surface area contributed by atoms with Crippen LogP contribution in [-0.4, -0.2) is 11.1 Å². The van der Waals surface area contributed by atoms with Gasteiger partial charge in [-0.1, -0.05) is 12.1 Å². The second-order valence-corrected chi connectivity index (χ2v) is 5.00. The van der Waals surface area contributed by atoms with Crippen LogP contribution in [0.25, 0.3) is 0 Å². The SMILES string of the molecule is Cc1ccc(C)c(Nc2cc(C)c(N)c(C(=O)O)c2)c1. The molecule has 0 saturated heterocycles. The molecular formula is C16H18N2O2. The van der Waals surface area contributed by atoms with Gasteiger partial charge in [0.2, 0.25) is 0 Å². The molecule has 0 bridgehead atoms. The number of nitrogen functional groups attached to an aromatic ring is 1. The van der Waals surface area contributed by atoms with Crippen LogP contribution < -0.4 is 11.1 Å². The molecule has 0 aromatic heterocycles. The van der Waals surface area contributed by atoms with Gasteiger partial charge in [0.05, 0.1) is 5.56 Å². The number of aryl methyl sites for hydroxylation is 3. The van der Waals surface area contributed by atoms with Gasteiger partial charge in [0.25, 0.3) is 0 Å². The molecule has 104 valence electrons. The van der Waals surface area contributed by atoms with Crippen LogP contribution in [0.1, 0.15) is 27.0 Å². The molecule has 2 rings (SSSR count). The molecule has 0 spiro atoms. The Labute approximate surface area is 118 Å². The molecule has 0 unspecified atom stereocenters. The second kappa shape index (κ2) is 5.25. The predicted molar refractivity (Wildman–Crippen MR) is 81.7 cm³/mol. The summed E-state index contributed by atoms with van der Waals surface area (Å²) in [5.74, 6) is -1.02. The first-order valence-corrected chi connectivity index (χ1v) is 6.36. The average molecular weight is 270 g/mol. The van der Waals surface area contributed by atoms with Crippen molar-refractivity contribution in [3.8, 4) is 0 Å². The Hall–Kier alpha value is -2.49. The zero-order chi connectivity index (χ0) is 14.9. The van der Waals surface area contributed by atoms with Gasteiger partial charge in [-0.3, -0.25) is 0 Å². The van der Waals surface area contributed by atoms with Crippen LogP contribution in [0.2, 0.25) is 0 Å². The Balaban J connectivity index is 2.44. The van der Waals surface area contributed by atoms with E-state index in [0.29, 0.717) is 5.69 Å². The minimum atomic E-state index is -1.02. The van der Waals surface area contributed by atoms with E-state index >= 15 is 0 Å². The highest BCUT2D eigenvalue weighted by atomic mass is 16.4. The molecule has 0 aliphatic rings. The third-order valence-electron chi connectivity index (χ3n) is 3.29. The van der Waals surface area contributed by atoms with Crippen molar-refractivity contribution in [1.29, 1.82) is 0 Å². The van der Waals surface area contributed by atoms with E-state index in [2.05, 4.69) is 5.32 Å². The van der Waals surface area contributed by atoms with Crippen molar-refractivity contribution < 1.29 is 9.90 Å². The predicted octanol–water partition coefficient (Wildman–Crippen LogP) is 3.64. The van der Waals surface area contributed by atoms with Gasteiger partial charge in [0, 0.05) is 17.1 Å². The molecule has 2 aromatic rings. The van der Waals surface area contributed by atoms with Crippen LogP contribution in [0.5, 0.6) is 0 Å². The first-order valence-electron chi connectivity index (χ1n) is 6.36. The highest BCUT2D eigenvalue weighted by Gasteiger charge is 2.12. The quantitative estimate of drug-likeness (QED) is 0.744. The smallest absolute Gasteiger partial charge is 0.337 e. The zero-order valence-corrected chi connectivity index (χ0v) is 11.8. The molecule has 0 amide bonds. The van der Waals surface area contributed by atoms with Gasteiger partial charge in [0.1, 0.15) is 0 Å². The summed E-state index contributed by atoms with van der Waals surface area (Å²) in [6.45, 7) is 5.82. The van der Waals surface area contributed by atoms with Gasteiger partial charge in [-0.25, -0.2) is 4.79 Å². The number of carboxylic acid groups (broad SMARTS) is 1. The van der Waals surface area contributed by atoms with Gasteiger partial charge in [-0.15, -0.1) is 0 Å². The Morgan fingerprint density at radius 3 is 2.45 bits per heavy atom. The number of carbonyl (C=O) groups is 1. The molecule has 0 heterocycles. The number of hydrogen-bond donors (Lipinski definition) is 3. The lowest BCUT2D eigenvalue weighted by atomic mass is 10.1. The Morgan fingerprint density at radius 2 is 1.80 bits per heavy atom. The summed E-state index contributed by atoms with van der Waals surface area (Å²) >= 11 is 0. The molecule has 2 aromatic carbocycles. The first-order chi connectivity index (χ1) is 9.38. The fraction of sp³-hybridized carbons (Fsp3) is 0.188. The maximum Gasteiger partial charge on any atom is 0.337 e. The molecule has 0 aliphatic carbocycles. The lowest BCUT2D eigenvalue weighted by Crippen LogP contribution is -2.06. The van der Waals surface area contributed by atoms with E-state index in [4.69, 9.17) is 5.73 Å². The summed E-state index contributed by atoms with van der Waals surface area (Å²) in [5.41, 5.74) is 10.9. The summed E-state index contributed by atoms with van der Waals surface area (Å²) in [6.07, 6.45) is 0. The number of anilines is 3. The van der Waals surface area contributed by atoms with E-state index in [1.807, 2.05) is 38.1 Å². The van der Waals surface area contributed by atoms with Crippen molar-refractivity contribution in [2.75, 3.05) is 11.1 Å². The van der Waals surface area contributed by atoms with Crippen molar-refractivity contribution in [3.05, 3.63) is 52.6 Å². The number of nitrogens with two attached hydrogens (primary N) is 1. The lowest BCUT2D eigenvalue weighted by Gasteiger charge is -2.13. The van der Waals surface area contributed by atoms with Gasteiger partial charge in [-0.2, -0.15) is 0 Å². The molecule has 0 saturated carbocycles. The molecule has 0 aliphatic heterocycles. The standard InChI is InChI=1S/C16H18N2O2/c1-9-4-5-10(2)14(6-9)18-12-7-11(3)15(17)13(8-12)16(19)20/h4-8,18H,17H2,1-3H3,(H,19,20). The molecule has 0 atom stereocenters. The van der Waals surface area contributed by atoms with E-state index < -0.39 is 5.97 Å². The van der Waals surface area contributed by atoms with Crippen LogP contribution in [0.3, 0.4) is 0 Å². The van der Waals surface area contributed by atoms with E-state index in [1.165, 1.54) is 0 Å². The monoisotopic (exact) mass is 270 g/mol. The maximum atomic E-state index is 11.2. The molecule has 0 fully saturated rings. The van der Waals surface area contributed by atoms with Crippen LogP contribution in [-0.2, 0) is 0 Å². The van der Waals surface area contributed by atoms with Crippen molar-refractivity contribution in [2.45, 2.75) is 20.8 Å². The fourth-order valence-electron chi connectivity index (χ4n) is 2.07. The van der Waals surface area contributed by atoms with Gasteiger partial charge in [0.15, 0.2) is 0 Å². The van der Waals surface area contributed by atoms with Crippen LogP contribution in [0.4, 0.5) is 17.1 Å². The molecule has 4 nitrogen and oxygen atoms in total. The van der Waals surface area contributed by atoms with E-state index in [-0.39, 0.29) is 5.56 Å². The minimum absolute atomic E-state index is 0.123. The van der Waals surface area contributed by atoms with Crippen molar-refractivity contribution in [1.82, 2.24) is 0 Å². The highest BCUT2D eigenvalue weighted by Crippen LogP contribution is 2.27. The average Bonchev–Trinajstić information content (AvgIpc) is 2.37. The number of carboxylic acids is 1. The molecular weight excluding hydrogens is 252 g/mol. The Morgan fingerprint density at radius 1 is 1.10 bits per heavy atom. The summed E-state index contributed by atoms with van der Waals surface area (Å²) < 4.78 is 0. The second-order valence-electron chi connectivity index (χ2n) is 5.00. The van der Waals surface area contributed by atoms with E-state index in [9.17, 15) is 9.90 Å². The van der Waals surface area contributed by atoms with Crippen molar-refractivity contribution in [3.63, 3.8) is 0 Å². The summed E-state index contributed by atoms with van der Waals surface area (Å²) in [7, 11) is 0. The number of rotatable bonds is 3.